The van der Waals surface area contributed by atoms with Crippen LogP contribution in [0.3, 0.4) is 0 Å². The Morgan fingerprint density at radius 3 is 2.55 bits per heavy atom. The molecule has 1 fully saturated rings. The Morgan fingerprint density at radius 2 is 1.85 bits per heavy atom. The third-order valence-electron chi connectivity index (χ3n) is 3.85. The molecule has 5 heteroatoms. The van der Waals surface area contributed by atoms with Crippen molar-refractivity contribution in [2.75, 3.05) is 31.1 Å². The molecule has 1 aromatic heterocycles. The zero-order chi connectivity index (χ0) is 14.0. The Balaban J connectivity index is 1.85. The van der Waals surface area contributed by atoms with Crippen molar-refractivity contribution in [1.82, 2.24) is 15.5 Å². The van der Waals surface area contributed by atoms with E-state index in [2.05, 4.69) is 46.3 Å². The summed E-state index contributed by atoms with van der Waals surface area (Å²) in [5.74, 6) is 1.36. The number of rotatable bonds is 3. The highest BCUT2D eigenvalue weighted by Crippen LogP contribution is 2.30. The van der Waals surface area contributed by atoms with Crippen LogP contribution in [-0.4, -0.2) is 36.3 Å². The van der Waals surface area contributed by atoms with Crippen LogP contribution in [-0.2, 0) is 5.41 Å². The van der Waals surface area contributed by atoms with Gasteiger partial charge in [-0.25, -0.2) is 0 Å². The van der Waals surface area contributed by atoms with Gasteiger partial charge in [0.05, 0.1) is 5.41 Å². The lowest BCUT2D eigenvalue weighted by molar-refractivity contribution is 0.332. The van der Waals surface area contributed by atoms with E-state index in [4.69, 9.17) is 4.52 Å². The Labute approximate surface area is 119 Å². The summed E-state index contributed by atoms with van der Waals surface area (Å²) in [7, 11) is 0. The van der Waals surface area contributed by atoms with Crippen LogP contribution in [0.25, 0.3) is 0 Å². The fourth-order valence-corrected chi connectivity index (χ4v) is 2.44. The smallest absolute Gasteiger partial charge is 0.266 e. The molecule has 0 atom stereocenters. The van der Waals surface area contributed by atoms with Gasteiger partial charge in [-0.05, 0) is 24.6 Å². The van der Waals surface area contributed by atoms with Gasteiger partial charge in [0.1, 0.15) is 0 Å². The van der Waals surface area contributed by atoms with Gasteiger partial charge in [0.15, 0.2) is 0 Å². The predicted octanol–water partition coefficient (Wildman–Crippen LogP) is 1.81. The van der Waals surface area contributed by atoms with Crippen LogP contribution in [0.1, 0.15) is 25.3 Å². The van der Waals surface area contributed by atoms with Gasteiger partial charge in [-0.3, -0.25) is 0 Å². The number of nitrogens with one attached hydrogen (secondary N) is 1. The van der Waals surface area contributed by atoms with Crippen LogP contribution in [0.4, 0.5) is 5.95 Å². The first-order valence-electron chi connectivity index (χ1n) is 7.03. The maximum Gasteiger partial charge on any atom is 0.266 e. The second kappa shape index (κ2) is 5.25. The van der Waals surface area contributed by atoms with Crippen molar-refractivity contribution in [3.63, 3.8) is 0 Å². The summed E-state index contributed by atoms with van der Waals surface area (Å²) in [4.78, 5) is 6.76. The zero-order valence-corrected chi connectivity index (χ0v) is 12.0. The molecule has 1 saturated heterocycles. The van der Waals surface area contributed by atoms with Crippen molar-refractivity contribution < 1.29 is 4.52 Å². The second-order valence-corrected chi connectivity index (χ2v) is 5.63. The van der Waals surface area contributed by atoms with Gasteiger partial charge >= 0.3 is 0 Å². The van der Waals surface area contributed by atoms with E-state index in [1.54, 1.807) is 0 Å². The van der Waals surface area contributed by atoms with E-state index >= 15 is 0 Å². The molecule has 2 heterocycles. The lowest BCUT2D eigenvalue weighted by Crippen LogP contribution is -2.44. The summed E-state index contributed by atoms with van der Waals surface area (Å²) in [6, 6.07) is 10.3. The van der Waals surface area contributed by atoms with E-state index in [-0.39, 0.29) is 5.41 Å². The van der Waals surface area contributed by atoms with E-state index in [1.807, 2.05) is 18.2 Å². The van der Waals surface area contributed by atoms with Gasteiger partial charge in [-0.1, -0.05) is 30.3 Å². The number of hydrogen-bond acceptors (Lipinski definition) is 5. The lowest BCUT2D eigenvalue weighted by atomic mass is 9.84. The lowest BCUT2D eigenvalue weighted by Gasteiger charge is -2.25. The molecular weight excluding hydrogens is 252 g/mol. The largest absolute Gasteiger partial charge is 0.336 e. The third kappa shape index (κ3) is 2.41. The molecule has 1 N–H and O–H groups in total. The van der Waals surface area contributed by atoms with E-state index in [1.165, 1.54) is 5.56 Å². The number of aromatic nitrogens is 2. The summed E-state index contributed by atoms with van der Waals surface area (Å²) in [6.07, 6.45) is 0. The molecule has 20 heavy (non-hydrogen) atoms. The molecule has 3 rings (SSSR count). The molecule has 0 amide bonds. The van der Waals surface area contributed by atoms with Gasteiger partial charge in [0.2, 0.25) is 5.89 Å². The van der Waals surface area contributed by atoms with Crippen molar-refractivity contribution in [1.29, 1.82) is 0 Å². The summed E-state index contributed by atoms with van der Waals surface area (Å²) in [6.45, 7) is 7.99. The first kappa shape index (κ1) is 13.1. The molecule has 0 spiro atoms. The van der Waals surface area contributed by atoms with Crippen molar-refractivity contribution in [3.8, 4) is 0 Å². The molecule has 1 aliphatic heterocycles. The van der Waals surface area contributed by atoms with Crippen LogP contribution in [0.15, 0.2) is 34.9 Å². The van der Waals surface area contributed by atoms with Crippen LogP contribution >= 0.6 is 0 Å². The fourth-order valence-electron chi connectivity index (χ4n) is 2.44. The first-order chi connectivity index (χ1) is 9.68. The normalized spacial score (nSPS) is 16.4. The number of anilines is 1. The van der Waals surface area contributed by atoms with E-state index < -0.39 is 0 Å². The molecule has 0 radical (unpaired) electrons. The molecule has 2 aromatic rings. The van der Waals surface area contributed by atoms with E-state index in [0.717, 1.165) is 26.2 Å². The van der Waals surface area contributed by atoms with Gasteiger partial charge < -0.3 is 14.7 Å². The maximum absolute atomic E-state index is 5.51. The Morgan fingerprint density at radius 1 is 1.15 bits per heavy atom. The summed E-state index contributed by atoms with van der Waals surface area (Å²) >= 11 is 0. The summed E-state index contributed by atoms with van der Waals surface area (Å²) < 4.78 is 5.51. The van der Waals surface area contributed by atoms with Crippen molar-refractivity contribution >= 4 is 5.95 Å². The molecular formula is C15H20N4O. The van der Waals surface area contributed by atoms with Crippen molar-refractivity contribution in [3.05, 3.63) is 41.8 Å². The molecule has 1 aliphatic rings. The van der Waals surface area contributed by atoms with Gasteiger partial charge in [0, 0.05) is 26.2 Å². The Hall–Kier alpha value is -1.88. The van der Waals surface area contributed by atoms with Crippen LogP contribution in [0, 0.1) is 0 Å². The standard InChI is InChI=1S/C15H20N4O/c1-15(2,12-6-4-3-5-7-12)13-17-14(18-20-13)19-10-8-16-9-11-19/h3-7,16H,8-11H2,1-2H3. The molecule has 0 unspecified atom stereocenters. The predicted molar refractivity (Wildman–Crippen MR) is 78.0 cm³/mol. The summed E-state index contributed by atoms with van der Waals surface area (Å²) in [5.41, 5.74) is 0.899. The molecule has 0 aliphatic carbocycles. The van der Waals surface area contributed by atoms with Crippen molar-refractivity contribution in [2.45, 2.75) is 19.3 Å². The molecule has 5 nitrogen and oxygen atoms in total. The Bertz CT molecular complexity index is 558. The number of piperazine rings is 1. The summed E-state index contributed by atoms with van der Waals surface area (Å²) in [5, 5.41) is 7.46. The average molecular weight is 272 g/mol. The van der Waals surface area contributed by atoms with Gasteiger partial charge in [0.25, 0.3) is 5.95 Å². The topological polar surface area (TPSA) is 54.2 Å². The monoisotopic (exact) mass is 272 g/mol. The highest BCUT2D eigenvalue weighted by Gasteiger charge is 2.30. The SMILES string of the molecule is CC(C)(c1ccccc1)c1nc(N2CCNCC2)no1. The van der Waals surface area contributed by atoms with Gasteiger partial charge in [-0.15, -0.1) is 0 Å². The van der Waals surface area contributed by atoms with Crippen LogP contribution in [0.5, 0.6) is 0 Å². The van der Waals surface area contributed by atoms with Crippen LogP contribution < -0.4 is 10.2 Å². The minimum atomic E-state index is -0.277. The molecule has 1 aromatic carbocycles. The van der Waals surface area contributed by atoms with E-state index in [0.29, 0.717) is 11.8 Å². The minimum Gasteiger partial charge on any atom is -0.336 e. The number of nitrogens with zero attached hydrogens (tertiary/aromatic N) is 3. The van der Waals surface area contributed by atoms with Crippen LogP contribution in [0.2, 0.25) is 0 Å². The highest BCUT2D eigenvalue weighted by molar-refractivity contribution is 5.34. The minimum absolute atomic E-state index is 0.277. The second-order valence-electron chi connectivity index (χ2n) is 5.63. The average Bonchev–Trinajstić information content (AvgIpc) is 3.00. The van der Waals surface area contributed by atoms with E-state index in [9.17, 15) is 0 Å². The first-order valence-corrected chi connectivity index (χ1v) is 7.03. The molecule has 0 bridgehead atoms. The van der Waals surface area contributed by atoms with Gasteiger partial charge in [-0.2, -0.15) is 4.98 Å². The molecule has 0 saturated carbocycles. The third-order valence-corrected chi connectivity index (χ3v) is 3.85. The number of hydrogen-bond donors (Lipinski definition) is 1. The zero-order valence-electron chi connectivity index (χ0n) is 12.0. The maximum atomic E-state index is 5.51. The quantitative estimate of drug-likeness (QED) is 0.923. The fraction of sp³-hybridized carbons (Fsp3) is 0.467. The Kier molecular flexibility index (Phi) is 3.44. The van der Waals surface area contributed by atoms with Crippen molar-refractivity contribution in [2.24, 2.45) is 0 Å². The highest BCUT2D eigenvalue weighted by atomic mass is 16.5. The number of benzene rings is 1. The molecule has 106 valence electrons.